The Morgan fingerprint density at radius 1 is 1.37 bits per heavy atom. The molecule has 1 saturated heterocycles. The van der Waals surface area contributed by atoms with Crippen LogP contribution in [0.2, 0.25) is 0 Å². The first-order chi connectivity index (χ1) is 8.79. The fourth-order valence-electron chi connectivity index (χ4n) is 2.13. The quantitative estimate of drug-likeness (QED) is 0.840. The molecule has 1 aromatic rings. The number of alkyl halides is 3. The standard InChI is InChI=1S/C11H10F4N2O2/c12-6-1-2-9(16-3-6)17-4-7(10(18)19)8(5-17)11(13,14)15/h1-3,7-8H,4-5H2,(H,18,19)/t7-,8-/m1/s1. The van der Waals surface area contributed by atoms with E-state index in [1.807, 2.05) is 0 Å². The van der Waals surface area contributed by atoms with Crippen LogP contribution in [0.15, 0.2) is 18.3 Å². The first kappa shape index (κ1) is 13.6. The zero-order valence-electron chi connectivity index (χ0n) is 9.56. The van der Waals surface area contributed by atoms with E-state index in [-0.39, 0.29) is 12.4 Å². The van der Waals surface area contributed by atoms with Gasteiger partial charge in [-0.1, -0.05) is 0 Å². The smallest absolute Gasteiger partial charge is 0.394 e. The van der Waals surface area contributed by atoms with Crippen LogP contribution in [0.25, 0.3) is 0 Å². The van der Waals surface area contributed by atoms with Crippen molar-refractivity contribution in [2.45, 2.75) is 6.18 Å². The largest absolute Gasteiger partial charge is 0.481 e. The highest BCUT2D eigenvalue weighted by atomic mass is 19.4. The lowest BCUT2D eigenvalue weighted by Gasteiger charge is -2.18. The van der Waals surface area contributed by atoms with Crippen LogP contribution >= 0.6 is 0 Å². The summed E-state index contributed by atoms with van der Waals surface area (Å²) in [5.41, 5.74) is 0. The van der Waals surface area contributed by atoms with Gasteiger partial charge in [-0.3, -0.25) is 4.79 Å². The van der Waals surface area contributed by atoms with E-state index in [0.717, 1.165) is 12.3 Å². The highest BCUT2D eigenvalue weighted by Gasteiger charge is 2.52. The molecule has 1 aromatic heterocycles. The average molecular weight is 278 g/mol. The highest BCUT2D eigenvalue weighted by molar-refractivity contribution is 5.72. The summed E-state index contributed by atoms with van der Waals surface area (Å²) in [4.78, 5) is 15.7. The van der Waals surface area contributed by atoms with Crippen LogP contribution in [-0.4, -0.2) is 35.3 Å². The van der Waals surface area contributed by atoms with Gasteiger partial charge in [0.25, 0.3) is 0 Å². The topological polar surface area (TPSA) is 53.4 Å². The van der Waals surface area contributed by atoms with Crippen LogP contribution in [0.3, 0.4) is 0 Å². The Labute approximate surface area is 105 Å². The summed E-state index contributed by atoms with van der Waals surface area (Å²) in [6.45, 7) is -0.781. The third-order valence-electron chi connectivity index (χ3n) is 3.09. The van der Waals surface area contributed by atoms with Crippen LogP contribution < -0.4 is 4.90 Å². The van der Waals surface area contributed by atoms with E-state index in [2.05, 4.69) is 4.98 Å². The van der Waals surface area contributed by atoms with Crippen LogP contribution in [-0.2, 0) is 4.79 Å². The fourth-order valence-corrected chi connectivity index (χ4v) is 2.13. The van der Waals surface area contributed by atoms with E-state index in [0.29, 0.717) is 0 Å². The number of hydrogen-bond donors (Lipinski definition) is 1. The third kappa shape index (κ3) is 2.77. The van der Waals surface area contributed by atoms with Crippen molar-refractivity contribution in [1.82, 2.24) is 4.98 Å². The molecule has 1 aliphatic heterocycles. The summed E-state index contributed by atoms with van der Waals surface area (Å²) in [6.07, 6.45) is -3.70. The summed E-state index contributed by atoms with van der Waals surface area (Å²) < 4.78 is 51.0. The van der Waals surface area contributed by atoms with Crippen LogP contribution in [0.1, 0.15) is 0 Å². The number of aromatic nitrogens is 1. The number of pyridine rings is 1. The van der Waals surface area contributed by atoms with Crippen LogP contribution in [0.4, 0.5) is 23.4 Å². The number of aliphatic carboxylic acids is 1. The molecular weight excluding hydrogens is 268 g/mol. The molecule has 0 bridgehead atoms. The van der Waals surface area contributed by atoms with E-state index in [9.17, 15) is 22.4 Å². The summed E-state index contributed by atoms with van der Waals surface area (Å²) in [6, 6.07) is 2.30. The summed E-state index contributed by atoms with van der Waals surface area (Å²) >= 11 is 0. The van der Waals surface area contributed by atoms with E-state index >= 15 is 0 Å². The first-order valence-electron chi connectivity index (χ1n) is 5.45. The predicted octanol–water partition coefficient (Wildman–Crippen LogP) is 1.92. The van der Waals surface area contributed by atoms with E-state index in [4.69, 9.17) is 5.11 Å². The molecule has 0 amide bonds. The van der Waals surface area contributed by atoms with Crippen molar-refractivity contribution in [3.8, 4) is 0 Å². The number of rotatable bonds is 2. The zero-order chi connectivity index (χ0) is 14.2. The van der Waals surface area contributed by atoms with E-state index in [1.54, 1.807) is 0 Å². The van der Waals surface area contributed by atoms with Gasteiger partial charge in [-0.15, -0.1) is 0 Å². The number of carbonyl (C=O) groups is 1. The number of anilines is 1. The summed E-state index contributed by atoms with van der Waals surface area (Å²) in [5.74, 6) is -5.44. The monoisotopic (exact) mass is 278 g/mol. The molecule has 0 aliphatic carbocycles. The van der Waals surface area contributed by atoms with Crippen LogP contribution in [0.5, 0.6) is 0 Å². The molecule has 2 heterocycles. The summed E-state index contributed by atoms with van der Waals surface area (Å²) in [5, 5.41) is 8.85. The van der Waals surface area contributed by atoms with Crippen molar-refractivity contribution in [1.29, 1.82) is 0 Å². The van der Waals surface area contributed by atoms with Gasteiger partial charge in [-0.2, -0.15) is 13.2 Å². The van der Waals surface area contributed by atoms with E-state index < -0.39 is 36.3 Å². The molecule has 2 atom stereocenters. The molecule has 104 valence electrons. The second kappa shape index (κ2) is 4.67. The molecule has 0 unspecified atom stereocenters. The van der Waals surface area contributed by atoms with Crippen molar-refractivity contribution in [3.05, 3.63) is 24.1 Å². The number of nitrogens with zero attached hydrogens (tertiary/aromatic N) is 2. The fraction of sp³-hybridized carbons (Fsp3) is 0.455. The minimum atomic E-state index is -4.59. The molecule has 2 rings (SSSR count). The Bertz CT molecular complexity index is 475. The lowest BCUT2D eigenvalue weighted by atomic mass is 9.96. The van der Waals surface area contributed by atoms with Gasteiger partial charge >= 0.3 is 12.1 Å². The molecule has 0 aromatic carbocycles. The van der Waals surface area contributed by atoms with E-state index in [1.165, 1.54) is 11.0 Å². The van der Waals surface area contributed by atoms with Gasteiger partial charge in [0.05, 0.1) is 18.0 Å². The second-order valence-electron chi connectivity index (χ2n) is 4.33. The Kier molecular flexibility index (Phi) is 3.34. The minimum Gasteiger partial charge on any atom is -0.481 e. The summed E-state index contributed by atoms with van der Waals surface area (Å²) in [7, 11) is 0. The lowest BCUT2D eigenvalue weighted by Crippen LogP contribution is -2.33. The molecule has 1 aliphatic rings. The molecule has 0 spiro atoms. The molecule has 4 nitrogen and oxygen atoms in total. The van der Waals surface area contributed by atoms with Gasteiger partial charge in [0.2, 0.25) is 0 Å². The van der Waals surface area contributed by atoms with Crippen molar-refractivity contribution in [3.63, 3.8) is 0 Å². The Hall–Kier alpha value is -1.86. The Morgan fingerprint density at radius 3 is 2.47 bits per heavy atom. The highest BCUT2D eigenvalue weighted by Crippen LogP contribution is 2.38. The van der Waals surface area contributed by atoms with Gasteiger partial charge in [-0.25, -0.2) is 9.37 Å². The number of carboxylic acid groups (broad SMARTS) is 1. The van der Waals surface area contributed by atoms with Gasteiger partial charge in [0, 0.05) is 13.1 Å². The van der Waals surface area contributed by atoms with Gasteiger partial charge < -0.3 is 10.0 Å². The average Bonchev–Trinajstić information content (AvgIpc) is 2.74. The maximum Gasteiger partial charge on any atom is 0.394 e. The molecule has 1 N–H and O–H groups in total. The maximum atomic E-state index is 12.8. The van der Waals surface area contributed by atoms with Crippen molar-refractivity contribution >= 4 is 11.8 Å². The SMILES string of the molecule is O=C(O)[C@@H]1CN(c2ccc(F)cn2)C[C@H]1C(F)(F)F. The molecule has 8 heteroatoms. The van der Waals surface area contributed by atoms with Crippen LogP contribution in [0, 0.1) is 17.7 Å². The van der Waals surface area contributed by atoms with Gasteiger partial charge in [0.15, 0.2) is 0 Å². The number of halogens is 4. The Balaban J connectivity index is 2.23. The molecule has 0 radical (unpaired) electrons. The molecule has 19 heavy (non-hydrogen) atoms. The van der Waals surface area contributed by atoms with Crippen molar-refractivity contribution < 1.29 is 27.5 Å². The lowest BCUT2D eigenvalue weighted by molar-refractivity contribution is -0.187. The Morgan fingerprint density at radius 2 is 2.05 bits per heavy atom. The van der Waals surface area contributed by atoms with Crippen molar-refractivity contribution in [2.24, 2.45) is 11.8 Å². The predicted molar refractivity (Wildman–Crippen MR) is 57.1 cm³/mol. The minimum absolute atomic E-state index is 0.138. The number of hydrogen-bond acceptors (Lipinski definition) is 3. The molecule has 0 saturated carbocycles. The molecular formula is C11H10F4N2O2. The normalized spacial score (nSPS) is 23.7. The molecule has 1 fully saturated rings. The second-order valence-corrected chi connectivity index (χ2v) is 4.33. The number of carboxylic acids is 1. The van der Waals surface area contributed by atoms with Gasteiger partial charge in [-0.05, 0) is 12.1 Å². The first-order valence-corrected chi connectivity index (χ1v) is 5.45. The van der Waals surface area contributed by atoms with Crippen molar-refractivity contribution in [2.75, 3.05) is 18.0 Å². The third-order valence-corrected chi connectivity index (χ3v) is 3.09. The zero-order valence-corrected chi connectivity index (χ0v) is 9.56. The van der Waals surface area contributed by atoms with Gasteiger partial charge in [0.1, 0.15) is 11.6 Å². The maximum absolute atomic E-state index is 12.8.